The molecular weight excluding hydrogens is 396 g/mol. The third kappa shape index (κ3) is 2.78. The molecule has 2 N–H and O–H groups in total. The van der Waals surface area contributed by atoms with Crippen LogP contribution in [0.4, 0.5) is 5.69 Å². The Bertz CT molecular complexity index is 1440. The van der Waals surface area contributed by atoms with Gasteiger partial charge in [0.1, 0.15) is 20.7 Å². The van der Waals surface area contributed by atoms with Crippen molar-refractivity contribution in [3.05, 3.63) is 59.0 Å². The summed E-state index contributed by atoms with van der Waals surface area (Å²) in [6.45, 7) is 4.09. The van der Waals surface area contributed by atoms with Crippen LogP contribution in [0.1, 0.15) is 22.2 Å². The molecule has 0 saturated heterocycles. The molecule has 0 amide bonds. The highest BCUT2D eigenvalue weighted by Gasteiger charge is 2.24. The molecule has 7 heteroatoms. The van der Waals surface area contributed by atoms with E-state index in [1.54, 1.807) is 6.92 Å². The van der Waals surface area contributed by atoms with Crippen LogP contribution in [0.25, 0.3) is 43.3 Å². The average molecular weight is 414 g/mol. The van der Waals surface area contributed by atoms with Crippen LogP contribution in [0, 0.1) is 6.92 Å². The number of nitrogen functional groups attached to an aromatic ring is 1. The molecule has 0 aliphatic heterocycles. The Hall–Kier alpha value is -3.58. The number of pyridine rings is 1. The molecule has 3 heterocycles. The van der Waals surface area contributed by atoms with Gasteiger partial charge in [0.2, 0.25) is 0 Å². The maximum Gasteiger partial charge on any atom is 0.350 e. The number of carbonyl (C=O) groups excluding carboxylic acids is 1. The van der Waals surface area contributed by atoms with Gasteiger partial charge in [-0.25, -0.2) is 9.78 Å². The van der Waals surface area contributed by atoms with Gasteiger partial charge in [-0.15, -0.1) is 21.5 Å². The van der Waals surface area contributed by atoms with Crippen LogP contribution in [0.15, 0.2) is 48.5 Å². The molecule has 0 radical (unpaired) electrons. The molecule has 3 aromatic heterocycles. The standard InChI is InChI=1S/C23H18N4O2S/c1-3-29-23(28)21-18(24)17-16(13-10-8-12(2)9-11-13)20-19(25-22(17)30-21)14-6-4-5-7-15(14)26-27-20/h4-11H,3,24H2,1-2H3. The number of aromatic nitrogens is 3. The second-order valence-corrected chi connectivity index (χ2v) is 8.01. The number of nitrogens with two attached hydrogens (primary N) is 1. The second-order valence-electron chi connectivity index (χ2n) is 7.01. The van der Waals surface area contributed by atoms with Gasteiger partial charge in [0.25, 0.3) is 0 Å². The number of nitrogens with zero attached hydrogens (tertiary/aromatic N) is 3. The highest BCUT2D eigenvalue weighted by Crippen LogP contribution is 2.43. The maximum atomic E-state index is 12.5. The molecule has 0 aliphatic carbocycles. The van der Waals surface area contributed by atoms with Crippen LogP contribution in [-0.2, 0) is 4.74 Å². The van der Waals surface area contributed by atoms with Crippen LogP contribution in [0.5, 0.6) is 0 Å². The number of carbonyl (C=O) groups is 1. The summed E-state index contributed by atoms with van der Waals surface area (Å²) >= 11 is 1.25. The van der Waals surface area contributed by atoms with Crippen LogP contribution in [-0.4, -0.2) is 27.8 Å². The molecule has 148 valence electrons. The van der Waals surface area contributed by atoms with Crippen molar-refractivity contribution in [1.29, 1.82) is 0 Å². The van der Waals surface area contributed by atoms with Crippen LogP contribution in [0.3, 0.4) is 0 Å². The first-order valence-electron chi connectivity index (χ1n) is 9.59. The minimum Gasteiger partial charge on any atom is -0.462 e. The lowest BCUT2D eigenvalue weighted by atomic mass is 9.98. The van der Waals surface area contributed by atoms with Gasteiger partial charge in [0, 0.05) is 16.3 Å². The van der Waals surface area contributed by atoms with E-state index in [0.29, 0.717) is 26.3 Å². The van der Waals surface area contributed by atoms with Crippen LogP contribution >= 0.6 is 11.3 Å². The molecule has 5 rings (SSSR count). The Balaban J connectivity index is 1.95. The van der Waals surface area contributed by atoms with E-state index in [1.165, 1.54) is 11.3 Å². The molecule has 0 aliphatic rings. The Kier molecular flexibility index (Phi) is 4.33. The summed E-state index contributed by atoms with van der Waals surface area (Å²) in [6.07, 6.45) is 0. The molecule has 5 aromatic rings. The lowest BCUT2D eigenvalue weighted by Crippen LogP contribution is -2.05. The fourth-order valence-corrected chi connectivity index (χ4v) is 4.64. The summed E-state index contributed by atoms with van der Waals surface area (Å²) in [5.41, 5.74) is 11.9. The number of anilines is 1. The third-order valence-electron chi connectivity index (χ3n) is 5.07. The highest BCUT2D eigenvalue weighted by molar-refractivity contribution is 7.21. The zero-order chi connectivity index (χ0) is 20.8. The number of hydrogen-bond acceptors (Lipinski definition) is 7. The number of ether oxygens (including phenoxy) is 1. The number of fused-ring (bicyclic) bond motifs is 4. The first-order valence-corrected chi connectivity index (χ1v) is 10.4. The van der Waals surface area contributed by atoms with E-state index in [0.717, 1.165) is 33.1 Å². The van der Waals surface area contributed by atoms with E-state index in [1.807, 2.05) is 55.5 Å². The number of esters is 1. The van der Waals surface area contributed by atoms with E-state index in [9.17, 15) is 4.79 Å². The molecule has 6 nitrogen and oxygen atoms in total. The number of hydrogen-bond donors (Lipinski definition) is 1. The minimum absolute atomic E-state index is 0.281. The van der Waals surface area contributed by atoms with Gasteiger partial charge in [-0.3, -0.25) is 0 Å². The van der Waals surface area contributed by atoms with Gasteiger partial charge in [-0.2, -0.15) is 0 Å². The first kappa shape index (κ1) is 18.4. The fraction of sp³-hybridized carbons (Fsp3) is 0.130. The molecule has 0 saturated carbocycles. The predicted octanol–water partition coefficient (Wildman–Crippen LogP) is 5.13. The van der Waals surface area contributed by atoms with Crippen molar-refractivity contribution < 1.29 is 9.53 Å². The normalized spacial score (nSPS) is 11.4. The van der Waals surface area contributed by atoms with Gasteiger partial charge in [-0.1, -0.05) is 48.0 Å². The van der Waals surface area contributed by atoms with E-state index in [2.05, 4.69) is 10.2 Å². The van der Waals surface area contributed by atoms with Gasteiger partial charge >= 0.3 is 5.97 Å². The summed E-state index contributed by atoms with van der Waals surface area (Å²) < 4.78 is 5.20. The van der Waals surface area contributed by atoms with Crippen molar-refractivity contribution in [2.45, 2.75) is 13.8 Å². The summed E-state index contributed by atoms with van der Waals surface area (Å²) in [6, 6.07) is 15.9. The summed E-state index contributed by atoms with van der Waals surface area (Å²) in [5.74, 6) is -0.437. The minimum atomic E-state index is -0.437. The molecule has 0 unspecified atom stereocenters. The van der Waals surface area contributed by atoms with Gasteiger partial charge in [-0.05, 0) is 25.5 Å². The molecule has 30 heavy (non-hydrogen) atoms. The van der Waals surface area contributed by atoms with Crippen molar-refractivity contribution in [2.75, 3.05) is 12.3 Å². The van der Waals surface area contributed by atoms with Crippen molar-refractivity contribution in [2.24, 2.45) is 0 Å². The van der Waals surface area contributed by atoms with Gasteiger partial charge in [0.15, 0.2) is 0 Å². The largest absolute Gasteiger partial charge is 0.462 e. The number of benzene rings is 2. The molecular formula is C23H18N4O2S. The fourth-order valence-electron chi connectivity index (χ4n) is 3.64. The lowest BCUT2D eigenvalue weighted by molar-refractivity contribution is 0.0533. The van der Waals surface area contributed by atoms with Crippen LogP contribution in [0.2, 0.25) is 0 Å². The molecule has 0 atom stereocenters. The SMILES string of the molecule is CCOC(=O)c1sc2nc3c(nnc4ccccc43)c(-c3ccc(C)cc3)c2c1N. The number of aryl methyl sites for hydroxylation is 1. The van der Waals surface area contributed by atoms with Crippen molar-refractivity contribution in [3.8, 4) is 11.1 Å². The first-order chi connectivity index (χ1) is 14.6. The number of thiophene rings is 1. The van der Waals surface area contributed by atoms with E-state index in [-0.39, 0.29) is 6.61 Å². The maximum absolute atomic E-state index is 12.5. The van der Waals surface area contributed by atoms with E-state index in [4.69, 9.17) is 15.5 Å². The number of rotatable bonds is 3. The van der Waals surface area contributed by atoms with Crippen LogP contribution < -0.4 is 5.73 Å². The molecule has 0 spiro atoms. The van der Waals surface area contributed by atoms with Crippen molar-refractivity contribution >= 4 is 55.1 Å². The summed E-state index contributed by atoms with van der Waals surface area (Å²) in [7, 11) is 0. The predicted molar refractivity (Wildman–Crippen MR) is 121 cm³/mol. The molecule has 0 bridgehead atoms. The zero-order valence-electron chi connectivity index (χ0n) is 16.5. The smallest absolute Gasteiger partial charge is 0.350 e. The Labute approximate surface area is 176 Å². The Morgan fingerprint density at radius 1 is 1.07 bits per heavy atom. The monoisotopic (exact) mass is 414 g/mol. The Morgan fingerprint density at radius 2 is 1.83 bits per heavy atom. The quantitative estimate of drug-likeness (QED) is 0.325. The third-order valence-corrected chi connectivity index (χ3v) is 6.15. The van der Waals surface area contributed by atoms with Crippen molar-refractivity contribution in [3.63, 3.8) is 0 Å². The topological polar surface area (TPSA) is 91.0 Å². The summed E-state index contributed by atoms with van der Waals surface area (Å²) in [5, 5.41) is 10.5. The highest BCUT2D eigenvalue weighted by atomic mass is 32.1. The Morgan fingerprint density at radius 3 is 2.60 bits per heavy atom. The van der Waals surface area contributed by atoms with E-state index >= 15 is 0 Å². The summed E-state index contributed by atoms with van der Waals surface area (Å²) in [4.78, 5) is 18.4. The lowest BCUT2D eigenvalue weighted by Gasteiger charge is -2.10. The van der Waals surface area contributed by atoms with Crippen molar-refractivity contribution in [1.82, 2.24) is 15.2 Å². The molecule has 0 fully saturated rings. The van der Waals surface area contributed by atoms with Gasteiger partial charge in [0.05, 0.1) is 17.8 Å². The zero-order valence-corrected chi connectivity index (χ0v) is 17.3. The second kappa shape index (κ2) is 7.03. The van der Waals surface area contributed by atoms with Gasteiger partial charge < -0.3 is 10.5 Å². The average Bonchev–Trinajstić information content (AvgIpc) is 3.09. The molecule has 2 aromatic carbocycles. The van der Waals surface area contributed by atoms with E-state index < -0.39 is 5.97 Å².